The zero-order valence-corrected chi connectivity index (χ0v) is 11.5. The predicted octanol–water partition coefficient (Wildman–Crippen LogP) is 1.62. The monoisotopic (exact) mass is 265 g/mol. The minimum atomic E-state index is -0.508. The fourth-order valence-electron chi connectivity index (χ4n) is 1.58. The summed E-state index contributed by atoms with van der Waals surface area (Å²) in [6, 6.07) is 4.70. The van der Waals surface area contributed by atoms with E-state index in [1.165, 1.54) is 13.2 Å². The van der Waals surface area contributed by atoms with E-state index in [1.807, 2.05) is 14.1 Å². The highest BCUT2D eigenvalue weighted by Gasteiger charge is 2.13. The second kappa shape index (κ2) is 7.53. The Kier molecular flexibility index (Phi) is 6.02. The zero-order chi connectivity index (χ0) is 14.3. The molecule has 0 N–H and O–H groups in total. The van der Waals surface area contributed by atoms with Crippen molar-refractivity contribution in [3.63, 3.8) is 0 Å². The molecule has 0 heterocycles. The molecule has 0 bridgehead atoms. The summed E-state index contributed by atoms with van der Waals surface area (Å²) in [5.41, 5.74) is 0.693. The highest BCUT2D eigenvalue weighted by Crippen LogP contribution is 2.20. The minimum absolute atomic E-state index is 0.275. The number of ether oxygens (including phenoxy) is 2. The topological polar surface area (TPSA) is 55.8 Å². The number of carbonyl (C=O) groups excluding carboxylic acids is 2. The van der Waals surface area contributed by atoms with Gasteiger partial charge in [0.1, 0.15) is 17.6 Å². The van der Waals surface area contributed by atoms with Crippen molar-refractivity contribution in [1.82, 2.24) is 4.90 Å². The summed E-state index contributed by atoms with van der Waals surface area (Å²) in [5, 5.41) is 0. The molecule has 1 aromatic carbocycles. The number of esters is 1. The van der Waals surface area contributed by atoms with Gasteiger partial charge in [-0.05, 0) is 38.7 Å². The van der Waals surface area contributed by atoms with Crippen LogP contribution < -0.4 is 4.74 Å². The van der Waals surface area contributed by atoms with E-state index in [2.05, 4.69) is 9.64 Å². The summed E-state index contributed by atoms with van der Waals surface area (Å²) in [6.07, 6.45) is 1.53. The molecule has 0 saturated heterocycles. The SMILES string of the molecule is COC(=O)c1cc(C=O)ccc1OCCCN(C)C. The molecule has 0 radical (unpaired) electrons. The van der Waals surface area contributed by atoms with Gasteiger partial charge in [0.15, 0.2) is 0 Å². The lowest BCUT2D eigenvalue weighted by Crippen LogP contribution is -2.16. The summed E-state index contributed by atoms with van der Waals surface area (Å²) in [7, 11) is 5.27. The maximum absolute atomic E-state index is 11.6. The number of rotatable bonds is 7. The molecule has 0 atom stereocenters. The first-order valence-corrected chi connectivity index (χ1v) is 6.03. The Morgan fingerprint density at radius 2 is 2.11 bits per heavy atom. The van der Waals surface area contributed by atoms with Crippen LogP contribution in [0.3, 0.4) is 0 Å². The molecule has 5 nitrogen and oxygen atoms in total. The Balaban J connectivity index is 2.75. The van der Waals surface area contributed by atoms with Gasteiger partial charge < -0.3 is 14.4 Å². The fraction of sp³-hybridized carbons (Fsp3) is 0.429. The Labute approximate surface area is 113 Å². The van der Waals surface area contributed by atoms with E-state index in [9.17, 15) is 9.59 Å². The van der Waals surface area contributed by atoms with Crippen molar-refractivity contribution in [3.8, 4) is 5.75 Å². The lowest BCUT2D eigenvalue weighted by atomic mass is 10.1. The highest BCUT2D eigenvalue weighted by molar-refractivity contribution is 5.94. The number of methoxy groups -OCH3 is 1. The van der Waals surface area contributed by atoms with Crippen molar-refractivity contribution in [2.24, 2.45) is 0 Å². The van der Waals surface area contributed by atoms with Crippen LogP contribution in [-0.4, -0.2) is 51.5 Å². The highest BCUT2D eigenvalue weighted by atomic mass is 16.5. The van der Waals surface area contributed by atoms with Crippen LogP contribution in [-0.2, 0) is 4.74 Å². The van der Waals surface area contributed by atoms with Crippen LogP contribution in [0.2, 0.25) is 0 Å². The van der Waals surface area contributed by atoms with Gasteiger partial charge in [0.25, 0.3) is 0 Å². The van der Waals surface area contributed by atoms with Gasteiger partial charge in [-0.25, -0.2) is 4.79 Å². The normalized spacial score (nSPS) is 10.3. The first-order valence-electron chi connectivity index (χ1n) is 6.03. The molecule has 0 aliphatic carbocycles. The van der Waals surface area contributed by atoms with Gasteiger partial charge in [-0.2, -0.15) is 0 Å². The molecule has 0 fully saturated rings. The van der Waals surface area contributed by atoms with Gasteiger partial charge in [-0.3, -0.25) is 4.79 Å². The van der Waals surface area contributed by atoms with E-state index in [4.69, 9.17) is 4.74 Å². The van der Waals surface area contributed by atoms with Crippen molar-refractivity contribution in [3.05, 3.63) is 29.3 Å². The van der Waals surface area contributed by atoms with Gasteiger partial charge >= 0.3 is 5.97 Å². The standard InChI is InChI=1S/C14H19NO4/c1-15(2)7-4-8-19-13-6-5-11(10-16)9-12(13)14(17)18-3/h5-6,9-10H,4,7-8H2,1-3H3. The molecule has 5 heteroatoms. The van der Waals surface area contributed by atoms with E-state index in [0.717, 1.165) is 13.0 Å². The molecule has 1 aromatic rings. The number of hydrogen-bond acceptors (Lipinski definition) is 5. The molecule has 0 aliphatic rings. The van der Waals surface area contributed by atoms with Crippen LogP contribution >= 0.6 is 0 Å². The van der Waals surface area contributed by atoms with Crippen LogP contribution in [0.1, 0.15) is 27.1 Å². The zero-order valence-electron chi connectivity index (χ0n) is 11.5. The van der Waals surface area contributed by atoms with E-state index < -0.39 is 5.97 Å². The maximum Gasteiger partial charge on any atom is 0.341 e. The average Bonchev–Trinajstić information content (AvgIpc) is 2.42. The molecule has 104 valence electrons. The van der Waals surface area contributed by atoms with Crippen LogP contribution in [0.15, 0.2) is 18.2 Å². The fourth-order valence-corrected chi connectivity index (χ4v) is 1.58. The minimum Gasteiger partial charge on any atom is -0.493 e. The van der Waals surface area contributed by atoms with Crippen LogP contribution in [0.4, 0.5) is 0 Å². The summed E-state index contributed by atoms with van der Waals surface area (Å²) in [6.45, 7) is 1.41. The number of hydrogen-bond donors (Lipinski definition) is 0. The Morgan fingerprint density at radius 3 is 2.68 bits per heavy atom. The summed E-state index contributed by atoms with van der Waals surface area (Å²) < 4.78 is 10.2. The Hall–Kier alpha value is -1.88. The first kappa shape index (κ1) is 15.2. The third-order valence-electron chi connectivity index (χ3n) is 2.55. The molecular formula is C14H19NO4. The van der Waals surface area contributed by atoms with Crippen molar-refractivity contribution in [1.29, 1.82) is 0 Å². The van der Waals surface area contributed by atoms with Crippen LogP contribution in [0.25, 0.3) is 0 Å². The molecule has 1 rings (SSSR count). The smallest absolute Gasteiger partial charge is 0.341 e. The Bertz CT molecular complexity index is 443. The maximum atomic E-state index is 11.6. The van der Waals surface area contributed by atoms with E-state index in [1.54, 1.807) is 12.1 Å². The molecular weight excluding hydrogens is 246 g/mol. The molecule has 0 unspecified atom stereocenters. The molecule has 0 amide bonds. The number of carbonyl (C=O) groups is 2. The van der Waals surface area contributed by atoms with Crippen molar-refractivity contribution < 1.29 is 19.1 Å². The lowest BCUT2D eigenvalue weighted by molar-refractivity contribution is 0.0596. The Morgan fingerprint density at radius 1 is 1.37 bits per heavy atom. The van der Waals surface area contributed by atoms with E-state index >= 15 is 0 Å². The quantitative estimate of drug-likeness (QED) is 0.426. The number of benzene rings is 1. The van der Waals surface area contributed by atoms with Crippen molar-refractivity contribution >= 4 is 12.3 Å². The second-order valence-corrected chi connectivity index (χ2v) is 4.37. The van der Waals surface area contributed by atoms with Crippen molar-refractivity contribution in [2.45, 2.75) is 6.42 Å². The largest absolute Gasteiger partial charge is 0.493 e. The summed E-state index contributed by atoms with van der Waals surface area (Å²) in [5.74, 6) is -0.0671. The molecule has 0 saturated carbocycles. The molecule has 0 aromatic heterocycles. The third kappa shape index (κ3) is 4.71. The van der Waals surface area contributed by atoms with Crippen LogP contribution in [0, 0.1) is 0 Å². The summed E-state index contributed by atoms with van der Waals surface area (Å²) in [4.78, 5) is 24.4. The molecule has 0 aliphatic heterocycles. The lowest BCUT2D eigenvalue weighted by Gasteiger charge is -2.12. The molecule has 19 heavy (non-hydrogen) atoms. The van der Waals surface area contributed by atoms with E-state index in [0.29, 0.717) is 24.2 Å². The van der Waals surface area contributed by atoms with Gasteiger partial charge in [-0.1, -0.05) is 0 Å². The number of nitrogens with zero attached hydrogens (tertiary/aromatic N) is 1. The van der Waals surface area contributed by atoms with E-state index in [-0.39, 0.29) is 5.56 Å². The molecule has 0 spiro atoms. The van der Waals surface area contributed by atoms with Gasteiger partial charge in [0.2, 0.25) is 0 Å². The average molecular weight is 265 g/mol. The van der Waals surface area contributed by atoms with Gasteiger partial charge in [-0.15, -0.1) is 0 Å². The summed E-state index contributed by atoms with van der Waals surface area (Å²) >= 11 is 0. The number of aldehydes is 1. The van der Waals surface area contributed by atoms with Gasteiger partial charge in [0, 0.05) is 12.1 Å². The third-order valence-corrected chi connectivity index (χ3v) is 2.55. The second-order valence-electron chi connectivity index (χ2n) is 4.37. The van der Waals surface area contributed by atoms with Gasteiger partial charge in [0.05, 0.1) is 13.7 Å². The van der Waals surface area contributed by atoms with Crippen molar-refractivity contribution in [2.75, 3.05) is 34.4 Å². The van der Waals surface area contributed by atoms with Crippen LogP contribution in [0.5, 0.6) is 5.75 Å². The first-order chi connectivity index (χ1) is 9.08. The predicted molar refractivity (Wildman–Crippen MR) is 71.8 cm³/mol.